The van der Waals surface area contributed by atoms with E-state index in [1.54, 1.807) is 30.3 Å². The first kappa shape index (κ1) is 15.9. The minimum atomic E-state index is -0.531. The maximum absolute atomic E-state index is 13.5. The van der Waals surface area contributed by atoms with Crippen molar-refractivity contribution in [3.8, 4) is 11.4 Å². The van der Waals surface area contributed by atoms with Crippen LogP contribution in [0.2, 0.25) is 5.02 Å². The first-order chi connectivity index (χ1) is 11.6. The van der Waals surface area contributed by atoms with Crippen LogP contribution in [0.3, 0.4) is 0 Å². The number of anilines is 1. The lowest BCUT2D eigenvalue weighted by molar-refractivity contribution is -0.118. The van der Waals surface area contributed by atoms with Crippen molar-refractivity contribution < 1.29 is 13.9 Å². The van der Waals surface area contributed by atoms with Crippen LogP contribution in [0.5, 0.6) is 5.75 Å². The molecular weight excluding hydrogens is 335 g/mol. The molecule has 1 amide bonds. The lowest BCUT2D eigenvalue weighted by atomic mass is 10.2. The van der Waals surface area contributed by atoms with E-state index in [1.807, 2.05) is 0 Å². The van der Waals surface area contributed by atoms with Crippen molar-refractivity contribution in [2.24, 2.45) is 0 Å². The van der Waals surface area contributed by atoms with Crippen LogP contribution in [-0.4, -0.2) is 27.3 Å². The number of nitrogens with one attached hydrogen (secondary N) is 1. The second-order valence-electron chi connectivity index (χ2n) is 4.77. The summed E-state index contributed by atoms with van der Waals surface area (Å²) in [6.07, 6.45) is 2.87. The van der Waals surface area contributed by atoms with Crippen LogP contribution in [0.4, 0.5) is 10.1 Å². The molecule has 0 unspecified atom stereocenters. The molecule has 0 bridgehead atoms. The van der Waals surface area contributed by atoms with E-state index in [2.05, 4.69) is 15.4 Å². The number of carbonyl (C=O) groups excluding carboxylic acids is 1. The summed E-state index contributed by atoms with van der Waals surface area (Å²) in [6, 6.07) is 10.8. The van der Waals surface area contributed by atoms with Gasteiger partial charge in [0.2, 0.25) is 0 Å². The molecule has 0 aliphatic heterocycles. The molecule has 0 atom stereocenters. The molecule has 0 aliphatic rings. The molecular formula is C16H12ClFN4O2. The van der Waals surface area contributed by atoms with Crippen molar-refractivity contribution in [1.82, 2.24) is 14.8 Å². The van der Waals surface area contributed by atoms with Crippen LogP contribution in [0, 0.1) is 5.82 Å². The quantitative estimate of drug-likeness (QED) is 0.770. The van der Waals surface area contributed by atoms with E-state index in [1.165, 1.54) is 29.5 Å². The average Bonchev–Trinajstić information content (AvgIpc) is 3.08. The fourth-order valence-electron chi connectivity index (χ4n) is 2.03. The van der Waals surface area contributed by atoms with Crippen LogP contribution < -0.4 is 10.1 Å². The number of benzene rings is 2. The highest BCUT2D eigenvalue weighted by molar-refractivity contribution is 6.31. The van der Waals surface area contributed by atoms with Crippen molar-refractivity contribution in [3.05, 3.63) is 66.0 Å². The summed E-state index contributed by atoms with van der Waals surface area (Å²) in [6.45, 7) is -0.343. The Morgan fingerprint density at radius 3 is 2.88 bits per heavy atom. The van der Waals surface area contributed by atoms with Crippen molar-refractivity contribution >= 4 is 23.2 Å². The van der Waals surface area contributed by atoms with Crippen LogP contribution in [0.25, 0.3) is 5.69 Å². The second kappa shape index (κ2) is 7.10. The van der Waals surface area contributed by atoms with Gasteiger partial charge in [-0.1, -0.05) is 23.7 Å². The van der Waals surface area contributed by atoms with E-state index < -0.39 is 11.7 Å². The van der Waals surface area contributed by atoms with Gasteiger partial charge in [0.15, 0.2) is 18.2 Å². The molecule has 1 heterocycles. The lowest BCUT2D eigenvalue weighted by Crippen LogP contribution is -2.21. The average molecular weight is 347 g/mol. The van der Waals surface area contributed by atoms with Crippen LogP contribution in [0.15, 0.2) is 55.1 Å². The second-order valence-corrected chi connectivity index (χ2v) is 5.21. The third-order valence-corrected chi connectivity index (χ3v) is 3.33. The van der Waals surface area contributed by atoms with Gasteiger partial charge in [-0.2, -0.15) is 5.10 Å². The van der Waals surface area contributed by atoms with Gasteiger partial charge in [0.25, 0.3) is 5.91 Å². The van der Waals surface area contributed by atoms with E-state index in [0.717, 1.165) is 0 Å². The maximum Gasteiger partial charge on any atom is 0.262 e. The van der Waals surface area contributed by atoms with Crippen LogP contribution >= 0.6 is 11.6 Å². The van der Waals surface area contributed by atoms with Crippen molar-refractivity contribution in [3.63, 3.8) is 0 Å². The minimum absolute atomic E-state index is 0.00949. The molecule has 3 aromatic rings. The zero-order chi connectivity index (χ0) is 16.9. The summed E-state index contributed by atoms with van der Waals surface area (Å²) in [5, 5.41) is 7.14. The molecule has 3 rings (SSSR count). The van der Waals surface area contributed by atoms with Gasteiger partial charge in [0, 0.05) is 5.02 Å². The highest BCUT2D eigenvalue weighted by Gasteiger charge is 2.11. The molecule has 8 heteroatoms. The predicted molar refractivity (Wildman–Crippen MR) is 86.9 cm³/mol. The molecule has 1 aromatic heterocycles. The Labute approximate surface area is 141 Å². The van der Waals surface area contributed by atoms with E-state index in [-0.39, 0.29) is 12.4 Å². The van der Waals surface area contributed by atoms with E-state index >= 15 is 0 Å². The Morgan fingerprint density at radius 2 is 2.12 bits per heavy atom. The van der Waals surface area contributed by atoms with E-state index in [0.29, 0.717) is 16.4 Å². The molecule has 0 radical (unpaired) electrons. The van der Waals surface area contributed by atoms with Gasteiger partial charge < -0.3 is 10.1 Å². The first-order valence-corrected chi connectivity index (χ1v) is 7.33. The summed E-state index contributed by atoms with van der Waals surface area (Å²) in [7, 11) is 0. The topological polar surface area (TPSA) is 69.0 Å². The monoisotopic (exact) mass is 346 g/mol. The smallest absolute Gasteiger partial charge is 0.262 e. The van der Waals surface area contributed by atoms with Crippen molar-refractivity contribution in [1.29, 1.82) is 0 Å². The SMILES string of the molecule is O=C(COc1ccccc1F)Nc1cc(Cl)ccc1-n1cncn1. The first-order valence-electron chi connectivity index (χ1n) is 6.95. The minimum Gasteiger partial charge on any atom is -0.481 e. The Kier molecular flexibility index (Phi) is 4.72. The van der Waals surface area contributed by atoms with Crippen LogP contribution in [-0.2, 0) is 4.79 Å². The Balaban J connectivity index is 1.72. The zero-order valence-corrected chi connectivity index (χ0v) is 13.1. The molecule has 122 valence electrons. The van der Waals surface area contributed by atoms with Crippen molar-refractivity contribution in [2.75, 3.05) is 11.9 Å². The summed E-state index contributed by atoms with van der Waals surface area (Å²) < 4.78 is 20.1. The van der Waals surface area contributed by atoms with Crippen LogP contribution in [0.1, 0.15) is 0 Å². The highest BCUT2D eigenvalue weighted by Crippen LogP contribution is 2.24. The Bertz CT molecular complexity index is 855. The number of ether oxygens (including phenoxy) is 1. The standard InChI is InChI=1S/C16H12ClFN4O2/c17-11-5-6-14(22-10-19-9-20-22)13(7-11)21-16(23)8-24-15-4-2-1-3-12(15)18/h1-7,9-10H,8H2,(H,21,23). The normalized spacial score (nSPS) is 10.4. The number of nitrogens with zero attached hydrogens (tertiary/aromatic N) is 3. The van der Waals surface area contributed by atoms with Gasteiger partial charge in [0.1, 0.15) is 12.7 Å². The zero-order valence-electron chi connectivity index (χ0n) is 12.3. The molecule has 0 saturated carbocycles. The van der Waals surface area contributed by atoms with Crippen molar-refractivity contribution in [2.45, 2.75) is 0 Å². The van der Waals surface area contributed by atoms with Gasteiger partial charge >= 0.3 is 0 Å². The summed E-state index contributed by atoms with van der Waals surface area (Å²) in [4.78, 5) is 16.0. The number of halogens is 2. The number of rotatable bonds is 5. The number of amides is 1. The predicted octanol–water partition coefficient (Wildman–Crippen LogP) is 3.08. The van der Waals surface area contributed by atoms with E-state index in [4.69, 9.17) is 16.3 Å². The summed E-state index contributed by atoms with van der Waals surface area (Å²) in [5.41, 5.74) is 1.03. The van der Waals surface area contributed by atoms with E-state index in [9.17, 15) is 9.18 Å². The molecule has 0 spiro atoms. The summed E-state index contributed by atoms with van der Waals surface area (Å²) >= 11 is 5.98. The number of carbonyl (C=O) groups is 1. The number of aromatic nitrogens is 3. The fraction of sp³-hybridized carbons (Fsp3) is 0.0625. The van der Waals surface area contributed by atoms with Gasteiger partial charge in [-0.15, -0.1) is 0 Å². The number of hydrogen-bond acceptors (Lipinski definition) is 4. The Hall–Kier alpha value is -2.93. The molecule has 24 heavy (non-hydrogen) atoms. The molecule has 0 saturated heterocycles. The van der Waals surface area contributed by atoms with Gasteiger partial charge in [-0.3, -0.25) is 4.79 Å². The molecule has 0 aliphatic carbocycles. The molecule has 1 N–H and O–H groups in total. The van der Waals surface area contributed by atoms with Gasteiger partial charge in [-0.25, -0.2) is 14.1 Å². The number of hydrogen-bond donors (Lipinski definition) is 1. The Morgan fingerprint density at radius 1 is 1.29 bits per heavy atom. The third-order valence-electron chi connectivity index (χ3n) is 3.09. The summed E-state index contributed by atoms with van der Waals surface area (Å²) in [5.74, 6) is -0.978. The van der Waals surface area contributed by atoms with Gasteiger partial charge in [-0.05, 0) is 30.3 Å². The molecule has 6 nitrogen and oxygen atoms in total. The molecule has 2 aromatic carbocycles. The lowest BCUT2D eigenvalue weighted by Gasteiger charge is -2.12. The fourth-order valence-corrected chi connectivity index (χ4v) is 2.20. The third kappa shape index (κ3) is 3.69. The largest absolute Gasteiger partial charge is 0.481 e. The molecule has 0 fully saturated rings. The number of para-hydroxylation sites is 1. The maximum atomic E-state index is 13.5. The van der Waals surface area contributed by atoms with Gasteiger partial charge in [0.05, 0.1) is 11.4 Å². The highest BCUT2D eigenvalue weighted by atomic mass is 35.5.